The molecule has 4 N–H and O–H groups in total. The Morgan fingerprint density at radius 1 is 1.06 bits per heavy atom. The minimum atomic E-state index is -1.54. The van der Waals surface area contributed by atoms with Gasteiger partial charge in [0.25, 0.3) is 5.91 Å². The highest BCUT2D eigenvalue weighted by molar-refractivity contribution is 7.99. The third-order valence-electron chi connectivity index (χ3n) is 4.92. The molecule has 2 heterocycles. The molecule has 2 aromatic carbocycles. The Bertz CT molecular complexity index is 1210. The summed E-state index contributed by atoms with van der Waals surface area (Å²) in [5.41, 5.74) is 9.35. The van der Waals surface area contributed by atoms with E-state index in [0.29, 0.717) is 34.3 Å². The molecule has 0 atom stereocenters. The van der Waals surface area contributed by atoms with Gasteiger partial charge >= 0.3 is 7.12 Å². The molecule has 0 unspecified atom stereocenters. The number of benzene rings is 2. The summed E-state index contributed by atoms with van der Waals surface area (Å²) in [6.45, 7) is 8.49. The fourth-order valence-electron chi connectivity index (χ4n) is 3.37. The van der Waals surface area contributed by atoms with E-state index >= 15 is 0 Å². The molecule has 0 aliphatic carbocycles. The summed E-state index contributed by atoms with van der Waals surface area (Å²) in [5.74, 6) is -0.0850. The van der Waals surface area contributed by atoms with E-state index < -0.39 is 13.0 Å². The van der Waals surface area contributed by atoms with Crippen LogP contribution in [0.15, 0.2) is 71.3 Å². The summed E-state index contributed by atoms with van der Waals surface area (Å²) in [4.78, 5) is 16.5. The summed E-state index contributed by atoms with van der Waals surface area (Å²) >= 11 is 1.51. The third-order valence-corrected chi connectivity index (χ3v) is 5.70. The smallest absolute Gasteiger partial charge is 0.455 e. The van der Waals surface area contributed by atoms with Gasteiger partial charge in [-0.2, -0.15) is 0 Å². The third kappa shape index (κ3) is 6.66. The normalized spacial score (nSPS) is 10.0. The monoisotopic (exact) mass is 493 g/mol. The summed E-state index contributed by atoms with van der Waals surface area (Å²) in [5, 5.41) is 19.1. The van der Waals surface area contributed by atoms with Crippen molar-refractivity contribution in [3.05, 3.63) is 78.1 Å². The first-order valence-electron chi connectivity index (χ1n) is 11.5. The van der Waals surface area contributed by atoms with Gasteiger partial charge in [-0.25, -0.2) is 0 Å². The minimum Gasteiger partial charge on any atom is -0.455 e. The van der Waals surface area contributed by atoms with Crippen LogP contribution in [0.25, 0.3) is 22.3 Å². The van der Waals surface area contributed by atoms with Crippen LogP contribution in [-0.2, 0) is 6.54 Å². The van der Waals surface area contributed by atoms with Crippen molar-refractivity contribution in [3.63, 3.8) is 0 Å². The molecular formula is C26H32BN3O4S. The van der Waals surface area contributed by atoms with Crippen molar-refractivity contribution in [1.29, 1.82) is 0 Å². The van der Waals surface area contributed by atoms with E-state index in [2.05, 4.69) is 4.98 Å². The van der Waals surface area contributed by atoms with Gasteiger partial charge in [-0.3, -0.25) is 9.78 Å². The molecule has 4 aromatic rings. The lowest BCUT2D eigenvalue weighted by atomic mass is 9.82. The molecule has 0 bridgehead atoms. The quantitative estimate of drug-likeness (QED) is 0.255. The van der Waals surface area contributed by atoms with E-state index in [9.17, 15) is 14.8 Å². The van der Waals surface area contributed by atoms with Gasteiger partial charge in [0, 0.05) is 34.9 Å². The molecule has 0 aliphatic heterocycles. The van der Waals surface area contributed by atoms with Crippen LogP contribution >= 0.6 is 11.9 Å². The number of pyridine rings is 1. The van der Waals surface area contributed by atoms with Crippen LogP contribution in [0.1, 0.15) is 43.7 Å². The molecule has 0 spiro atoms. The van der Waals surface area contributed by atoms with E-state index in [4.69, 9.17) is 10.2 Å². The second-order valence-corrected chi connectivity index (χ2v) is 7.70. The van der Waals surface area contributed by atoms with Crippen LogP contribution in [0.3, 0.4) is 0 Å². The van der Waals surface area contributed by atoms with Crippen molar-refractivity contribution in [1.82, 2.24) is 4.98 Å². The topological polar surface area (TPSA) is 113 Å². The fourth-order valence-corrected chi connectivity index (χ4v) is 3.95. The Kier molecular flexibility index (Phi) is 10.9. The van der Waals surface area contributed by atoms with Gasteiger partial charge in [-0.05, 0) is 18.2 Å². The van der Waals surface area contributed by atoms with Crippen LogP contribution in [0.4, 0.5) is 5.69 Å². The van der Waals surface area contributed by atoms with E-state index in [1.807, 2.05) is 86.8 Å². The molecule has 1 amide bonds. The number of nitrogens with two attached hydrogens (primary N) is 1. The molecular weight excluding hydrogens is 461 g/mol. The van der Waals surface area contributed by atoms with Crippen molar-refractivity contribution in [2.24, 2.45) is 5.73 Å². The van der Waals surface area contributed by atoms with Gasteiger partial charge in [-0.1, -0.05) is 76.0 Å². The Morgan fingerprint density at radius 2 is 1.74 bits per heavy atom. The minimum absolute atomic E-state index is 0.337. The summed E-state index contributed by atoms with van der Waals surface area (Å²) in [6.07, 6.45) is 3.39. The average molecular weight is 493 g/mol. The number of rotatable bonds is 7. The second-order valence-electron chi connectivity index (χ2n) is 6.89. The first-order chi connectivity index (χ1) is 17.0. The van der Waals surface area contributed by atoms with Gasteiger partial charge < -0.3 is 24.5 Å². The Balaban J connectivity index is 0.00000103. The predicted molar refractivity (Wildman–Crippen MR) is 147 cm³/mol. The molecule has 9 heteroatoms. The maximum Gasteiger partial charge on any atom is 0.490 e. The van der Waals surface area contributed by atoms with E-state index in [-0.39, 0.29) is 0 Å². The maximum absolute atomic E-state index is 12.2. The van der Waals surface area contributed by atoms with Gasteiger partial charge in [0.1, 0.15) is 11.3 Å². The SMILES string of the molecule is CC.CC.CSN(Cc1ccc(B(O)O)cn1)c1ccc2c(C(N)=O)c(-c3ccccc3)oc2c1. The van der Waals surface area contributed by atoms with Crippen LogP contribution in [0, 0.1) is 0 Å². The summed E-state index contributed by atoms with van der Waals surface area (Å²) < 4.78 is 8.09. The molecule has 0 saturated carbocycles. The number of fused-ring (bicyclic) bond motifs is 1. The molecule has 184 valence electrons. The number of anilines is 1. The van der Waals surface area contributed by atoms with Gasteiger partial charge in [0.15, 0.2) is 0 Å². The second kappa shape index (κ2) is 13.6. The Labute approximate surface area is 211 Å². The van der Waals surface area contributed by atoms with Crippen molar-refractivity contribution in [2.45, 2.75) is 34.2 Å². The fraction of sp³-hybridized carbons (Fsp3) is 0.231. The Hall–Kier alpha value is -3.27. The lowest BCUT2D eigenvalue weighted by molar-refractivity contribution is 0.100. The molecule has 7 nitrogen and oxygen atoms in total. The molecule has 4 rings (SSSR count). The highest BCUT2D eigenvalue weighted by Gasteiger charge is 2.21. The largest absolute Gasteiger partial charge is 0.490 e. The van der Waals surface area contributed by atoms with Crippen LogP contribution in [0.2, 0.25) is 0 Å². The number of amides is 1. The van der Waals surface area contributed by atoms with Gasteiger partial charge in [-0.15, -0.1) is 0 Å². The highest BCUT2D eigenvalue weighted by Crippen LogP contribution is 2.36. The molecule has 35 heavy (non-hydrogen) atoms. The molecule has 0 aliphatic rings. The van der Waals surface area contributed by atoms with Crippen molar-refractivity contribution in [2.75, 3.05) is 10.6 Å². The number of hydrogen-bond donors (Lipinski definition) is 3. The zero-order valence-corrected chi connectivity index (χ0v) is 21.5. The zero-order valence-electron chi connectivity index (χ0n) is 20.7. The standard InChI is InChI=1S/C22H20BN3O4S.2C2H6/c1-31-26(13-16-8-7-15(12-25-16)23(28)29)17-9-10-18-19(11-17)30-21(20(18)22(24)27)14-5-3-2-4-6-14;2*1-2/h2-12,28-29H,13H2,1H3,(H2,24,27);2*1-2H3. The maximum atomic E-state index is 12.2. The average Bonchev–Trinajstić information content (AvgIpc) is 3.29. The molecule has 2 aromatic heterocycles. The van der Waals surface area contributed by atoms with Gasteiger partial charge in [0.2, 0.25) is 0 Å². The van der Waals surface area contributed by atoms with Crippen LogP contribution in [-0.4, -0.2) is 34.3 Å². The lowest BCUT2D eigenvalue weighted by Crippen LogP contribution is -2.30. The van der Waals surface area contributed by atoms with E-state index in [1.54, 1.807) is 12.1 Å². The van der Waals surface area contributed by atoms with Gasteiger partial charge in [0.05, 0.1) is 23.5 Å². The van der Waals surface area contributed by atoms with Crippen molar-refractivity contribution in [3.8, 4) is 11.3 Å². The van der Waals surface area contributed by atoms with Crippen molar-refractivity contribution >= 4 is 47.1 Å². The summed E-state index contributed by atoms with van der Waals surface area (Å²) in [6, 6.07) is 18.4. The number of primary amides is 1. The number of nitrogens with zero attached hydrogens (tertiary/aromatic N) is 2. The predicted octanol–water partition coefficient (Wildman–Crippen LogP) is 4.61. The first-order valence-corrected chi connectivity index (χ1v) is 12.7. The van der Waals surface area contributed by atoms with Crippen molar-refractivity contribution < 1.29 is 19.3 Å². The van der Waals surface area contributed by atoms with Crippen LogP contribution < -0.4 is 15.5 Å². The first kappa shape index (κ1) is 28.0. The van der Waals surface area contributed by atoms with E-state index in [1.165, 1.54) is 18.1 Å². The lowest BCUT2D eigenvalue weighted by Gasteiger charge is -2.21. The molecule has 0 radical (unpaired) electrons. The highest BCUT2D eigenvalue weighted by atomic mass is 32.2. The zero-order chi connectivity index (χ0) is 26.0. The van der Waals surface area contributed by atoms with E-state index in [0.717, 1.165) is 16.9 Å². The molecule has 0 fully saturated rings. The Morgan fingerprint density at radius 3 is 2.29 bits per heavy atom. The number of furan rings is 1. The number of carbonyl (C=O) groups excluding carboxylic acids is 1. The molecule has 0 saturated heterocycles. The number of carbonyl (C=O) groups is 1. The summed E-state index contributed by atoms with van der Waals surface area (Å²) in [7, 11) is -1.54. The number of aromatic nitrogens is 1. The number of hydrogen-bond acceptors (Lipinski definition) is 7. The van der Waals surface area contributed by atoms with Crippen LogP contribution in [0.5, 0.6) is 0 Å².